The minimum Gasteiger partial charge on any atom is -0.479 e. The molecule has 2 aliphatic rings. The van der Waals surface area contributed by atoms with Gasteiger partial charge in [-0.05, 0) is 42.8 Å². The molecule has 0 unspecified atom stereocenters. The van der Waals surface area contributed by atoms with Gasteiger partial charge in [0, 0.05) is 6.07 Å². The van der Waals surface area contributed by atoms with Crippen LogP contribution in [-0.2, 0) is 9.53 Å². The molecule has 0 fully saturated rings. The van der Waals surface area contributed by atoms with Gasteiger partial charge < -0.3 is 23.7 Å². The first-order valence-corrected chi connectivity index (χ1v) is 8.27. The molecule has 0 saturated heterocycles. The molecule has 0 aliphatic carbocycles. The highest BCUT2D eigenvalue weighted by molar-refractivity contribution is 6.14. The van der Waals surface area contributed by atoms with E-state index >= 15 is 0 Å². The van der Waals surface area contributed by atoms with E-state index in [-0.39, 0.29) is 18.3 Å². The van der Waals surface area contributed by atoms with E-state index in [9.17, 15) is 9.59 Å². The van der Waals surface area contributed by atoms with Crippen molar-refractivity contribution in [2.45, 2.75) is 13.0 Å². The van der Waals surface area contributed by atoms with Gasteiger partial charge in [0.15, 0.2) is 23.4 Å². The first-order valence-electron chi connectivity index (χ1n) is 8.27. The van der Waals surface area contributed by atoms with Crippen LogP contribution >= 0.6 is 0 Å². The third-order valence-electron chi connectivity index (χ3n) is 4.18. The fourth-order valence-corrected chi connectivity index (χ4v) is 2.81. The van der Waals surface area contributed by atoms with Crippen LogP contribution in [0.3, 0.4) is 0 Å². The van der Waals surface area contributed by atoms with E-state index in [2.05, 4.69) is 4.74 Å². The zero-order valence-corrected chi connectivity index (χ0v) is 14.7. The molecule has 0 spiro atoms. The Morgan fingerprint density at radius 3 is 2.74 bits per heavy atom. The van der Waals surface area contributed by atoms with Crippen LogP contribution in [0.2, 0.25) is 0 Å². The van der Waals surface area contributed by atoms with Crippen molar-refractivity contribution in [1.29, 1.82) is 0 Å². The summed E-state index contributed by atoms with van der Waals surface area (Å²) < 4.78 is 26.5. The first kappa shape index (κ1) is 17.0. The number of esters is 1. The molecule has 0 amide bonds. The van der Waals surface area contributed by atoms with E-state index < -0.39 is 12.1 Å². The van der Waals surface area contributed by atoms with E-state index in [0.717, 1.165) is 5.56 Å². The fourth-order valence-electron chi connectivity index (χ4n) is 2.81. The Labute approximate surface area is 155 Å². The lowest BCUT2D eigenvalue weighted by molar-refractivity contribution is -0.147. The smallest absolute Gasteiger partial charge is 0.346 e. The molecule has 2 heterocycles. The number of ketones is 1. The highest BCUT2D eigenvalue weighted by atomic mass is 16.7. The zero-order chi connectivity index (χ0) is 19.0. The van der Waals surface area contributed by atoms with E-state index in [1.165, 1.54) is 7.11 Å². The van der Waals surface area contributed by atoms with Crippen molar-refractivity contribution < 1.29 is 33.3 Å². The molecule has 7 heteroatoms. The Hall–Kier alpha value is -3.48. The van der Waals surface area contributed by atoms with Crippen molar-refractivity contribution in [3.63, 3.8) is 0 Å². The molecule has 27 heavy (non-hydrogen) atoms. The van der Waals surface area contributed by atoms with Gasteiger partial charge in [0.1, 0.15) is 11.5 Å². The van der Waals surface area contributed by atoms with Crippen LogP contribution in [0, 0.1) is 0 Å². The van der Waals surface area contributed by atoms with E-state index in [4.69, 9.17) is 18.9 Å². The molecular weight excluding hydrogens is 352 g/mol. The molecule has 2 aromatic carbocycles. The maximum Gasteiger partial charge on any atom is 0.346 e. The second kappa shape index (κ2) is 6.68. The maximum atomic E-state index is 12.6. The van der Waals surface area contributed by atoms with Gasteiger partial charge in [0.25, 0.3) is 0 Å². The molecule has 1 atom stereocenters. The van der Waals surface area contributed by atoms with Gasteiger partial charge in [-0.15, -0.1) is 0 Å². The maximum absolute atomic E-state index is 12.6. The van der Waals surface area contributed by atoms with Crippen LogP contribution in [0.1, 0.15) is 22.8 Å². The molecule has 0 saturated carbocycles. The number of methoxy groups -OCH3 is 1. The lowest BCUT2D eigenvalue weighted by Crippen LogP contribution is -2.24. The molecule has 0 radical (unpaired) electrons. The Balaban J connectivity index is 1.56. The molecular formula is C20H16O7. The predicted octanol–water partition coefficient (Wildman–Crippen LogP) is 2.97. The van der Waals surface area contributed by atoms with E-state index in [1.807, 2.05) is 6.07 Å². The number of hydrogen-bond acceptors (Lipinski definition) is 7. The van der Waals surface area contributed by atoms with Gasteiger partial charge in [-0.1, -0.05) is 6.07 Å². The van der Waals surface area contributed by atoms with Crippen LogP contribution in [-0.4, -0.2) is 31.8 Å². The van der Waals surface area contributed by atoms with Crippen molar-refractivity contribution in [3.05, 3.63) is 53.3 Å². The predicted molar refractivity (Wildman–Crippen MR) is 94.0 cm³/mol. The average Bonchev–Trinajstić information content (AvgIpc) is 3.25. The molecule has 2 aliphatic heterocycles. The van der Waals surface area contributed by atoms with E-state index in [1.54, 1.807) is 43.3 Å². The highest BCUT2D eigenvalue weighted by Gasteiger charge is 2.28. The first-order chi connectivity index (χ1) is 13.0. The number of carbonyl (C=O) groups excluding carboxylic acids is 2. The van der Waals surface area contributed by atoms with Crippen LogP contribution in [0.4, 0.5) is 0 Å². The van der Waals surface area contributed by atoms with Crippen molar-refractivity contribution >= 4 is 17.8 Å². The Morgan fingerprint density at radius 2 is 1.93 bits per heavy atom. The standard InChI is InChI=1S/C20H16O7/c1-11(20(22)23-2)26-13-4-5-14-16(9-13)27-18(19(14)21)8-12-3-6-15-17(7-12)25-10-24-15/h3-9,11H,10H2,1-2H3/t11-/m1/s1. The highest BCUT2D eigenvalue weighted by Crippen LogP contribution is 2.37. The van der Waals surface area contributed by atoms with Crippen molar-refractivity contribution in [1.82, 2.24) is 0 Å². The molecule has 138 valence electrons. The molecule has 0 aromatic heterocycles. The number of ether oxygens (including phenoxy) is 5. The summed E-state index contributed by atoms with van der Waals surface area (Å²) in [6.45, 7) is 1.76. The van der Waals surface area contributed by atoms with Crippen molar-refractivity contribution in [2.75, 3.05) is 13.9 Å². The minimum atomic E-state index is -0.770. The zero-order valence-electron chi connectivity index (χ0n) is 14.7. The molecule has 4 rings (SSSR count). The number of hydrogen-bond donors (Lipinski definition) is 0. The summed E-state index contributed by atoms with van der Waals surface area (Å²) in [6, 6.07) is 10.2. The second-order valence-electron chi connectivity index (χ2n) is 5.99. The summed E-state index contributed by atoms with van der Waals surface area (Å²) in [5.74, 6) is 1.55. The number of Topliss-reactive ketones (excluding diaryl/α,β-unsaturated/α-hetero) is 1. The second-order valence-corrected chi connectivity index (χ2v) is 5.99. The number of benzene rings is 2. The summed E-state index contributed by atoms with van der Waals surface area (Å²) in [6.07, 6.45) is 0.871. The molecule has 0 N–H and O–H groups in total. The SMILES string of the molecule is COC(=O)[C@@H](C)Oc1ccc2c(c1)OC(=Cc1ccc3c(c1)OCO3)C2=O. The van der Waals surface area contributed by atoms with Crippen LogP contribution in [0.5, 0.6) is 23.0 Å². The normalized spacial score (nSPS) is 16.7. The summed E-state index contributed by atoms with van der Waals surface area (Å²) >= 11 is 0. The largest absolute Gasteiger partial charge is 0.479 e. The van der Waals surface area contributed by atoms with Gasteiger partial charge in [0.2, 0.25) is 12.6 Å². The quantitative estimate of drug-likeness (QED) is 0.606. The van der Waals surface area contributed by atoms with Crippen LogP contribution < -0.4 is 18.9 Å². The molecule has 2 aromatic rings. The Morgan fingerprint density at radius 1 is 1.11 bits per heavy atom. The van der Waals surface area contributed by atoms with E-state index in [0.29, 0.717) is 28.6 Å². The lowest BCUT2D eigenvalue weighted by atomic mass is 10.1. The third-order valence-corrected chi connectivity index (χ3v) is 4.18. The number of allylic oxidation sites excluding steroid dienone is 1. The number of rotatable bonds is 4. The van der Waals surface area contributed by atoms with Gasteiger partial charge in [-0.3, -0.25) is 4.79 Å². The van der Waals surface area contributed by atoms with Crippen molar-refractivity contribution in [3.8, 4) is 23.0 Å². The third kappa shape index (κ3) is 3.19. The summed E-state index contributed by atoms with van der Waals surface area (Å²) in [7, 11) is 1.29. The van der Waals surface area contributed by atoms with Crippen molar-refractivity contribution in [2.24, 2.45) is 0 Å². The molecule has 7 nitrogen and oxygen atoms in total. The fraction of sp³-hybridized carbons (Fsp3) is 0.200. The Bertz CT molecular complexity index is 961. The topological polar surface area (TPSA) is 80.3 Å². The summed E-state index contributed by atoms with van der Waals surface area (Å²) in [5, 5.41) is 0. The van der Waals surface area contributed by atoms with Crippen LogP contribution in [0.25, 0.3) is 6.08 Å². The van der Waals surface area contributed by atoms with Gasteiger partial charge in [-0.25, -0.2) is 4.79 Å². The van der Waals surface area contributed by atoms with Gasteiger partial charge in [0.05, 0.1) is 12.7 Å². The Kier molecular flexibility index (Phi) is 4.19. The van der Waals surface area contributed by atoms with Crippen LogP contribution in [0.15, 0.2) is 42.2 Å². The summed E-state index contributed by atoms with van der Waals surface area (Å²) in [5.41, 5.74) is 1.19. The monoisotopic (exact) mass is 368 g/mol. The summed E-state index contributed by atoms with van der Waals surface area (Å²) in [4.78, 5) is 24.0. The minimum absolute atomic E-state index is 0.184. The molecule has 0 bridgehead atoms. The van der Waals surface area contributed by atoms with Gasteiger partial charge >= 0.3 is 5.97 Å². The number of fused-ring (bicyclic) bond motifs is 2. The lowest BCUT2D eigenvalue weighted by Gasteiger charge is -2.12. The average molecular weight is 368 g/mol. The number of carbonyl (C=O) groups is 2. The van der Waals surface area contributed by atoms with Gasteiger partial charge in [-0.2, -0.15) is 0 Å².